The predicted octanol–water partition coefficient (Wildman–Crippen LogP) is 0.790. The number of esters is 1. The van der Waals surface area contributed by atoms with Gasteiger partial charge < -0.3 is 9.47 Å². The average molecular weight is 303 g/mol. The van der Waals surface area contributed by atoms with Gasteiger partial charge in [-0.25, -0.2) is 17.6 Å². The Morgan fingerprint density at radius 3 is 2.80 bits per heavy atom. The molecule has 1 saturated heterocycles. The van der Waals surface area contributed by atoms with Gasteiger partial charge in [0.15, 0.2) is 0 Å². The summed E-state index contributed by atoms with van der Waals surface area (Å²) in [5.41, 5.74) is -0.0723. The number of benzene rings is 1. The average Bonchev–Trinajstić information content (AvgIpc) is 2.46. The van der Waals surface area contributed by atoms with Gasteiger partial charge in [0, 0.05) is 6.54 Å². The summed E-state index contributed by atoms with van der Waals surface area (Å²) >= 11 is 0. The molecule has 20 heavy (non-hydrogen) atoms. The third kappa shape index (κ3) is 2.82. The first-order valence-electron chi connectivity index (χ1n) is 5.90. The zero-order valence-electron chi connectivity index (χ0n) is 10.8. The quantitative estimate of drug-likeness (QED) is 0.772. The van der Waals surface area contributed by atoms with Crippen LogP contribution in [0.25, 0.3) is 0 Å². The van der Waals surface area contributed by atoms with E-state index in [-0.39, 0.29) is 23.6 Å². The molecule has 1 fully saturated rings. The Kier molecular flexibility index (Phi) is 4.36. The number of hydrogen-bond donors (Lipinski definition) is 0. The first-order valence-corrected chi connectivity index (χ1v) is 7.34. The lowest BCUT2D eigenvalue weighted by Crippen LogP contribution is -2.44. The molecule has 0 amide bonds. The highest BCUT2D eigenvalue weighted by Crippen LogP contribution is 2.23. The van der Waals surface area contributed by atoms with E-state index in [0.717, 1.165) is 11.4 Å². The van der Waals surface area contributed by atoms with Crippen LogP contribution in [0.1, 0.15) is 10.4 Å². The van der Waals surface area contributed by atoms with E-state index in [2.05, 4.69) is 9.47 Å². The minimum Gasteiger partial charge on any atom is -0.465 e. The highest BCUT2D eigenvalue weighted by Gasteiger charge is 2.33. The van der Waals surface area contributed by atoms with Crippen LogP contribution in [0.15, 0.2) is 29.2 Å². The monoisotopic (exact) mass is 303 g/mol. The van der Waals surface area contributed by atoms with Gasteiger partial charge >= 0.3 is 5.97 Å². The zero-order valence-corrected chi connectivity index (χ0v) is 11.6. The summed E-state index contributed by atoms with van der Waals surface area (Å²) in [5.74, 6) is -0.755. The smallest absolute Gasteiger partial charge is 0.339 e. The number of hydrogen-bond acceptors (Lipinski definition) is 5. The topological polar surface area (TPSA) is 72.9 Å². The summed E-state index contributed by atoms with van der Waals surface area (Å²) in [5, 5.41) is 0. The lowest BCUT2D eigenvalue weighted by atomic mass is 10.2. The molecule has 0 bridgehead atoms. The third-order valence-electron chi connectivity index (χ3n) is 2.90. The first-order chi connectivity index (χ1) is 9.46. The number of ether oxygens (including phenoxy) is 2. The molecule has 1 aromatic carbocycles. The van der Waals surface area contributed by atoms with Crippen molar-refractivity contribution >= 4 is 16.0 Å². The SMILES string of the molecule is COC(=O)c1ccccc1S(=O)(=O)N1CCOC(F)C1. The molecule has 0 aromatic heterocycles. The van der Waals surface area contributed by atoms with E-state index in [0.29, 0.717) is 0 Å². The molecule has 0 radical (unpaired) electrons. The molecule has 0 saturated carbocycles. The molecule has 0 spiro atoms. The van der Waals surface area contributed by atoms with Crippen LogP contribution in [-0.2, 0) is 19.5 Å². The molecule has 1 aromatic rings. The Bertz CT molecular complexity index is 604. The molecule has 1 heterocycles. The Morgan fingerprint density at radius 1 is 1.45 bits per heavy atom. The van der Waals surface area contributed by atoms with E-state index in [1.54, 1.807) is 0 Å². The van der Waals surface area contributed by atoms with Gasteiger partial charge in [-0.1, -0.05) is 12.1 Å². The molecular formula is C12H14FNO5S. The number of carbonyl (C=O) groups excluding carboxylic acids is 1. The molecule has 110 valence electrons. The van der Waals surface area contributed by atoms with Crippen molar-refractivity contribution in [3.8, 4) is 0 Å². The number of rotatable bonds is 3. The van der Waals surface area contributed by atoms with Crippen molar-refractivity contribution < 1.29 is 27.1 Å². The van der Waals surface area contributed by atoms with E-state index >= 15 is 0 Å². The Balaban J connectivity index is 2.41. The van der Waals surface area contributed by atoms with Crippen molar-refractivity contribution in [1.82, 2.24) is 4.31 Å². The van der Waals surface area contributed by atoms with Gasteiger partial charge in [0.05, 0.1) is 30.7 Å². The van der Waals surface area contributed by atoms with Gasteiger partial charge in [0.25, 0.3) is 0 Å². The van der Waals surface area contributed by atoms with Crippen molar-refractivity contribution in [2.24, 2.45) is 0 Å². The molecule has 0 aliphatic carbocycles. The van der Waals surface area contributed by atoms with Crippen LogP contribution in [0.2, 0.25) is 0 Å². The highest BCUT2D eigenvalue weighted by molar-refractivity contribution is 7.89. The van der Waals surface area contributed by atoms with Gasteiger partial charge in [0.2, 0.25) is 16.4 Å². The van der Waals surface area contributed by atoms with E-state index in [4.69, 9.17) is 0 Å². The number of methoxy groups -OCH3 is 1. The molecule has 1 atom stereocenters. The molecule has 6 nitrogen and oxygen atoms in total. The standard InChI is InChI=1S/C12H14FNO5S/c1-18-12(15)9-4-2-3-5-10(9)20(16,17)14-6-7-19-11(13)8-14/h2-5,11H,6-8H2,1H3. The second-order valence-electron chi connectivity index (χ2n) is 4.13. The molecule has 2 rings (SSSR count). The predicted molar refractivity (Wildman–Crippen MR) is 67.4 cm³/mol. The van der Waals surface area contributed by atoms with Crippen molar-refractivity contribution in [2.75, 3.05) is 26.8 Å². The Hall–Kier alpha value is -1.51. The molecule has 1 aliphatic rings. The van der Waals surface area contributed by atoms with E-state index in [1.165, 1.54) is 24.3 Å². The molecule has 1 unspecified atom stereocenters. The minimum absolute atomic E-state index is 0.0270. The number of nitrogens with zero attached hydrogens (tertiary/aromatic N) is 1. The largest absolute Gasteiger partial charge is 0.465 e. The molecule has 0 N–H and O–H groups in total. The summed E-state index contributed by atoms with van der Waals surface area (Å²) < 4.78 is 48.3. The van der Waals surface area contributed by atoms with E-state index in [9.17, 15) is 17.6 Å². The fourth-order valence-corrected chi connectivity index (χ4v) is 3.50. The summed E-state index contributed by atoms with van der Waals surface area (Å²) in [6, 6.07) is 5.67. The van der Waals surface area contributed by atoms with Gasteiger partial charge in [0.1, 0.15) is 0 Å². The first kappa shape index (κ1) is 14.9. The summed E-state index contributed by atoms with van der Waals surface area (Å²) in [4.78, 5) is 11.4. The molecular weight excluding hydrogens is 289 g/mol. The summed E-state index contributed by atoms with van der Waals surface area (Å²) in [6.07, 6.45) is -1.66. The summed E-state index contributed by atoms with van der Waals surface area (Å²) in [7, 11) is -2.80. The van der Waals surface area contributed by atoms with Crippen molar-refractivity contribution in [3.05, 3.63) is 29.8 Å². The number of morpholine rings is 1. The minimum atomic E-state index is -3.97. The van der Waals surface area contributed by atoms with Crippen LogP contribution in [0.4, 0.5) is 4.39 Å². The number of halogens is 1. The normalized spacial score (nSPS) is 20.6. The highest BCUT2D eigenvalue weighted by atomic mass is 32.2. The van der Waals surface area contributed by atoms with Crippen LogP contribution < -0.4 is 0 Å². The Morgan fingerprint density at radius 2 is 2.15 bits per heavy atom. The maximum atomic E-state index is 13.2. The fraction of sp³-hybridized carbons (Fsp3) is 0.417. The maximum absolute atomic E-state index is 13.2. The lowest BCUT2D eigenvalue weighted by Gasteiger charge is -2.28. The second kappa shape index (κ2) is 5.86. The number of carbonyl (C=O) groups is 1. The zero-order chi connectivity index (χ0) is 14.8. The maximum Gasteiger partial charge on any atom is 0.339 e. The van der Waals surface area contributed by atoms with E-state index < -0.39 is 28.9 Å². The second-order valence-corrected chi connectivity index (χ2v) is 6.04. The van der Waals surface area contributed by atoms with Crippen molar-refractivity contribution in [2.45, 2.75) is 11.3 Å². The number of alkyl halides is 1. The van der Waals surface area contributed by atoms with Gasteiger partial charge in [-0.2, -0.15) is 4.31 Å². The van der Waals surface area contributed by atoms with Gasteiger partial charge in [-0.3, -0.25) is 0 Å². The van der Waals surface area contributed by atoms with Gasteiger partial charge in [-0.05, 0) is 12.1 Å². The Labute approximate surface area is 116 Å². The lowest BCUT2D eigenvalue weighted by molar-refractivity contribution is -0.0786. The van der Waals surface area contributed by atoms with Crippen molar-refractivity contribution in [1.29, 1.82) is 0 Å². The van der Waals surface area contributed by atoms with Gasteiger partial charge in [-0.15, -0.1) is 0 Å². The number of sulfonamides is 1. The fourth-order valence-electron chi connectivity index (χ4n) is 1.91. The summed E-state index contributed by atoms with van der Waals surface area (Å²) in [6.45, 7) is -0.378. The molecule has 1 aliphatic heterocycles. The van der Waals surface area contributed by atoms with Crippen LogP contribution >= 0.6 is 0 Å². The van der Waals surface area contributed by atoms with Crippen LogP contribution in [0.5, 0.6) is 0 Å². The van der Waals surface area contributed by atoms with E-state index in [1.807, 2.05) is 0 Å². The molecule has 8 heteroatoms. The van der Waals surface area contributed by atoms with Crippen LogP contribution in [0, 0.1) is 0 Å². The van der Waals surface area contributed by atoms with Crippen LogP contribution in [-0.4, -0.2) is 51.9 Å². The third-order valence-corrected chi connectivity index (χ3v) is 4.82. The van der Waals surface area contributed by atoms with Crippen LogP contribution in [0.3, 0.4) is 0 Å². The van der Waals surface area contributed by atoms with Crippen molar-refractivity contribution in [3.63, 3.8) is 0 Å².